The normalized spacial score (nSPS) is 21.9. The number of carbonyl (C=O) groups excluding carboxylic acids is 1. The lowest BCUT2D eigenvalue weighted by atomic mass is 9.83. The largest absolute Gasteiger partial charge is 0.462 e. The monoisotopic (exact) mass is 425 g/mol. The Morgan fingerprint density at radius 2 is 1.94 bits per heavy atom. The highest BCUT2D eigenvalue weighted by atomic mass is 19.1. The van der Waals surface area contributed by atoms with Crippen LogP contribution in [0.25, 0.3) is 0 Å². The molecule has 164 valence electrons. The van der Waals surface area contributed by atoms with Crippen LogP contribution in [0.15, 0.2) is 89.1 Å². The molecule has 1 aliphatic carbocycles. The maximum atomic E-state index is 14.4. The molecule has 0 bridgehead atoms. The highest BCUT2D eigenvalue weighted by Crippen LogP contribution is 2.39. The summed E-state index contributed by atoms with van der Waals surface area (Å²) in [7, 11) is 0. The quantitative estimate of drug-likeness (QED) is 0.513. The van der Waals surface area contributed by atoms with Gasteiger partial charge in [-0.3, -0.25) is 0 Å². The van der Waals surface area contributed by atoms with Crippen LogP contribution in [0.4, 0.5) is 4.39 Å². The van der Waals surface area contributed by atoms with E-state index in [0.717, 1.165) is 5.56 Å². The molecule has 0 aromatic heterocycles. The van der Waals surface area contributed by atoms with E-state index in [1.54, 1.807) is 45.3 Å². The van der Waals surface area contributed by atoms with Gasteiger partial charge in [0.1, 0.15) is 5.83 Å². The Bertz CT molecular complexity index is 959. The Morgan fingerprint density at radius 3 is 2.61 bits per heavy atom. The first-order chi connectivity index (χ1) is 15.0. The first kappa shape index (κ1) is 22.7. The zero-order valence-electron chi connectivity index (χ0n) is 18.0. The van der Waals surface area contributed by atoms with Gasteiger partial charge in [-0.15, -0.1) is 0 Å². The summed E-state index contributed by atoms with van der Waals surface area (Å²) in [6.45, 7) is 6.18. The highest BCUT2D eigenvalue weighted by molar-refractivity contribution is 5.96. The second-order valence-electron chi connectivity index (χ2n) is 7.28. The van der Waals surface area contributed by atoms with Crippen LogP contribution in [0.5, 0.6) is 0 Å². The van der Waals surface area contributed by atoms with Crippen LogP contribution >= 0.6 is 0 Å². The summed E-state index contributed by atoms with van der Waals surface area (Å²) < 4.78 is 25.2. The third-order valence-electron chi connectivity index (χ3n) is 5.15. The number of hydrogen-bond acceptors (Lipinski definition) is 5. The van der Waals surface area contributed by atoms with Gasteiger partial charge in [0.2, 0.25) is 0 Å². The van der Waals surface area contributed by atoms with Crippen molar-refractivity contribution in [3.63, 3.8) is 0 Å². The molecule has 3 rings (SSSR count). The number of aliphatic hydroxyl groups is 1. The predicted molar refractivity (Wildman–Crippen MR) is 117 cm³/mol. The fraction of sp³-hybridized carbons (Fsp3) is 0.320. The zero-order valence-corrected chi connectivity index (χ0v) is 18.0. The number of ether oxygens (including phenoxy) is 2. The smallest absolute Gasteiger partial charge is 0.340 e. The molecule has 1 N–H and O–H groups in total. The van der Waals surface area contributed by atoms with Crippen LogP contribution in [0, 0.1) is 5.92 Å². The van der Waals surface area contributed by atoms with Crippen molar-refractivity contribution in [3.8, 4) is 0 Å². The average molecular weight is 426 g/mol. The summed E-state index contributed by atoms with van der Waals surface area (Å²) in [5.41, 5.74) is 2.71. The molecule has 0 spiro atoms. The van der Waals surface area contributed by atoms with Crippen molar-refractivity contribution in [1.29, 1.82) is 0 Å². The maximum absolute atomic E-state index is 14.4. The van der Waals surface area contributed by atoms with Gasteiger partial charge in [-0.2, -0.15) is 0 Å². The van der Waals surface area contributed by atoms with Crippen molar-refractivity contribution in [3.05, 3.63) is 94.6 Å². The molecule has 0 saturated heterocycles. The average Bonchev–Trinajstić information content (AvgIpc) is 2.76. The fourth-order valence-corrected chi connectivity index (χ4v) is 3.65. The SMILES string of the molecule is CCOC(=O)C1=CN(Cc2ccccc2)C=C(C(O)OCC)/C1=C1/C=CC=C(F)C1C. The molecule has 2 aliphatic rings. The lowest BCUT2D eigenvalue weighted by molar-refractivity contribution is -0.138. The highest BCUT2D eigenvalue weighted by Gasteiger charge is 2.33. The molecule has 2 atom stereocenters. The number of hydrogen-bond donors (Lipinski definition) is 1. The lowest BCUT2D eigenvalue weighted by Crippen LogP contribution is -2.29. The summed E-state index contributed by atoms with van der Waals surface area (Å²) in [5.74, 6) is -1.42. The Labute approximate surface area is 182 Å². The van der Waals surface area contributed by atoms with Gasteiger partial charge in [-0.1, -0.05) is 49.4 Å². The minimum Gasteiger partial charge on any atom is -0.462 e. The number of allylic oxidation sites excluding steroid dienone is 5. The molecule has 1 aliphatic heterocycles. The second-order valence-corrected chi connectivity index (χ2v) is 7.28. The summed E-state index contributed by atoms with van der Waals surface area (Å²) in [6.07, 6.45) is 6.91. The third-order valence-corrected chi connectivity index (χ3v) is 5.15. The van der Waals surface area contributed by atoms with Gasteiger partial charge in [0.25, 0.3) is 0 Å². The number of rotatable bonds is 7. The Hall–Kier alpha value is -2.96. The van der Waals surface area contributed by atoms with E-state index in [0.29, 0.717) is 23.3 Å². The van der Waals surface area contributed by atoms with Gasteiger partial charge in [-0.05, 0) is 31.1 Å². The fourth-order valence-electron chi connectivity index (χ4n) is 3.65. The first-order valence-electron chi connectivity index (χ1n) is 10.4. The van der Waals surface area contributed by atoms with E-state index in [1.807, 2.05) is 35.2 Å². The van der Waals surface area contributed by atoms with E-state index in [-0.39, 0.29) is 24.6 Å². The second kappa shape index (κ2) is 10.4. The molecule has 1 heterocycles. The minimum atomic E-state index is -1.28. The van der Waals surface area contributed by atoms with Gasteiger partial charge < -0.3 is 19.5 Å². The summed E-state index contributed by atoms with van der Waals surface area (Å²) in [6, 6.07) is 9.76. The van der Waals surface area contributed by atoms with Crippen LogP contribution in [0.2, 0.25) is 0 Å². The molecular weight excluding hydrogens is 397 g/mol. The predicted octanol–water partition coefficient (Wildman–Crippen LogP) is 4.54. The van der Waals surface area contributed by atoms with Crippen LogP contribution in [0.1, 0.15) is 26.3 Å². The molecule has 0 radical (unpaired) electrons. The number of carbonyl (C=O) groups is 1. The van der Waals surface area contributed by atoms with E-state index in [1.165, 1.54) is 6.08 Å². The Kier molecular flexibility index (Phi) is 7.60. The van der Waals surface area contributed by atoms with Crippen molar-refractivity contribution < 1.29 is 23.8 Å². The summed E-state index contributed by atoms with van der Waals surface area (Å²) in [4.78, 5) is 14.7. The van der Waals surface area contributed by atoms with Crippen molar-refractivity contribution in [2.45, 2.75) is 33.6 Å². The van der Waals surface area contributed by atoms with Crippen LogP contribution in [-0.4, -0.2) is 35.5 Å². The van der Waals surface area contributed by atoms with E-state index in [4.69, 9.17) is 9.47 Å². The van der Waals surface area contributed by atoms with E-state index in [2.05, 4.69) is 0 Å². The molecular formula is C25H28FNO4. The van der Waals surface area contributed by atoms with Gasteiger partial charge in [0, 0.05) is 42.6 Å². The van der Waals surface area contributed by atoms with Crippen LogP contribution < -0.4 is 0 Å². The Morgan fingerprint density at radius 1 is 1.19 bits per heavy atom. The van der Waals surface area contributed by atoms with E-state index >= 15 is 0 Å². The van der Waals surface area contributed by atoms with Gasteiger partial charge in [0.05, 0.1) is 12.2 Å². The summed E-state index contributed by atoms with van der Waals surface area (Å²) in [5, 5.41) is 10.8. The number of benzene rings is 1. The molecule has 2 unspecified atom stereocenters. The van der Waals surface area contributed by atoms with Crippen LogP contribution in [0.3, 0.4) is 0 Å². The van der Waals surface area contributed by atoms with Crippen molar-refractivity contribution >= 4 is 5.97 Å². The number of aliphatic hydroxyl groups excluding tert-OH is 1. The van der Waals surface area contributed by atoms with Gasteiger partial charge in [-0.25, -0.2) is 9.18 Å². The minimum absolute atomic E-state index is 0.199. The van der Waals surface area contributed by atoms with Gasteiger partial charge >= 0.3 is 5.97 Å². The van der Waals surface area contributed by atoms with Crippen molar-refractivity contribution in [1.82, 2.24) is 4.90 Å². The maximum Gasteiger partial charge on any atom is 0.340 e. The molecule has 5 nitrogen and oxygen atoms in total. The molecule has 1 aromatic carbocycles. The standard InChI is InChI=1S/C25H28FNO4/c1-4-30-24(28)20-15-27(14-18-10-7-6-8-11-18)16-21(25(29)31-5-2)23(20)19-12-9-13-22(26)17(19)3/h6-13,15-17,24,28H,4-5,14H2,1-3H3/b23-19+. The van der Waals surface area contributed by atoms with Crippen molar-refractivity contribution in [2.75, 3.05) is 13.2 Å². The third kappa shape index (κ3) is 5.21. The Balaban J connectivity index is 2.14. The number of esters is 1. The lowest BCUT2D eigenvalue weighted by Gasteiger charge is -2.31. The van der Waals surface area contributed by atoms with Crippen molar-refractivity contribution in [2.24, 2.45) is 5.92 Å². The molecule has 0 fully saturated rings. The van der Waals surface area contributed by atoms with E-state index < -0.39 is 18.2 Å². The molecule has 6 heteroatoms. The molecule has 1 aromatic rings. The number of nitrogens with zero attached hydrogens (tertiary/aromatic N) is 1. The van der Waals surface area contributed by atoms with Gasteiger partial charge in [0.15, 0.2) is 6.29 Å². The summed E-state index contributed by atoms with van der Waals surface area (Å²) >= 11 is 0. The topological polar surface area (TPSA) is 59.0 Å². The van der Waals surface area contributed by atoms with Crippen LogP contribution in [-0.2, 0) is 20.8 Å². The molecule has 31 heavy (non-hydrogen) atoms. The molecule has 0 saturated carbocycles. The number of halogens is 1. The first-order valence-corrected chi connectivity index (χ1v) is 10.4. The van der Waals surface area contributed by atoms with E-state index in [9.17, 15) is 14.3 Å². The zero-order chi connectivity index (χ0) is 22.4. The molecule has 0 amide bonds.